The first kappa shape index (κ1) is 15.2. The fourth-order valence-electron chi connectivity index (χ4n) is 3.27. The molecule has 1 fully saturated rings. The van der Waals surface area contributed by atoms with Crippen LogP contribution in [0.25, 0.3) is 0 Å². The number of benzene rings is 1. The molecule has 22 heavy (non-hydrogen) atoms. The normalized spacial score (nSPS) is 24.2. The Morgan fingerprint density at radius 3 is 2.82 bits per heavy atom. The van der Waals surface area contributed by atoms with Crippen molar-refractivity contribution in [2.75, 3.05) is 13.1 Å². The smallest absolute Gasteiger partial charge is 0.254 e. The van der Waals surface area contributed by atoms with Crippen LogP contribution < -0.4 is 0 Å². The highest BCUT2D eigenvalue weighted by Crippen LogP contribution is 2.27. The van der Waals surface area contributed by atoms with Gasteiger partial charge >= 0.3 is 0 Å². The first-order chi connectivity index (χ1) is 10.5. The maximum atomic E-state index is 12.7. The van der Waals surface area contributed by atoms with Gasteiger partial charge in [-0.05, 0) is 31.9 Å². The molecule has 1 aliphatic carbocycles. The van der Waals surface area contributed by atoms with Crippen LogP contribution in [0.4, 0.5) is 0 Å². The van der Waals surface area contributed by atoms with Crippen LogP contribution in [0.1, 0.15) is 46.5 Å². The highest BCUT2D eigenvalue weighted by Gasteiger charge is 2.37. The number of ether oxygens (including phenoxy) is 1. The second-order valence-electron chi connectivity index (χ2n) is 6.26. The van der Waals surface area contributed by atoms with Crippen LogP contribution in [-0.2, 0) is 11.2 Å². The summed E-state index contributed by atoms with van der Waals surface area (Å²) in [4.78, 5) is 26.2. The second-order valence-corrected chi connectivity index (χ2v) is 6.26. The molecule has 1 heterocycles. The number of aliphatic hydroxyl groups excluding tert-OH is 1. The molecule has 1 aromatic rings. The molecule has 1 saturated heterocycles. The predicted octanol–water partition coefficient (Wildman–Crippen LogP) is 1.43. The van der Waals surface area contributed by atoms with Crippen LogP contribution >= 0.6 is 0 Å². The van der Waals surface area contributed by atoms with Gasteiger partial charge in [-0.3, -0.25) is 9.59 Å². The number of aliphatic hydroxyl groups is 1. The molecule has 1 aromatic carbocycles. The van der Waals surface area contributed by atoms with Crippen LogP contribution in [0.5, 0.6) is 0 Å². The topological polar surface area (TPSA) is 66.8 Å². The maximum Gasteiger partial charge on any atom is 0.254 e. The Labute approximate surface area is 129 Å². The molecule has 2 aliphatic rings. The quantitative estimate of drug-likeness (QED) is 0.917. The summed E-state index contributed by atoms with van der Waals surface area (Å²) in [6, 6.07) is 5.30. The van der Waals surface area contributed by atoms with Crippen molar-refractivity contribution in [2.24, 2.45) is 0 Å². The van der Waals surface area contributed by atoms with Gasteiger partial charge in [0, 0.05) is 30.6 Å². The molecule has 0 unspecified atom stereocenters. The number of hydrogen-bond acceptors (Lipinski definition) is 4. The summed E-state index contributed by atoms with van der Waals surface area (Å²) in [5.74, 6) is -0.0208. The fourth-order valence-corrected chi connectivity index (χ4v) is 3.27. The summed E-state index contributed by atoms with van der Waals surface area (Å²) in [5.41, 5.74) is 2.10. The summed E-state index contributed by atoms with van der Waals surface area (Å²) < 4.78 is 5.65. The van der Waals surface area contributed by atoms with E-state index >= 15 is 0 Å². The van der Waals surface area contributed by atoms with E-state index in [0.29, 0.717) is 30.5 Å². The van der Waals surface area contributed by atoms with Gasteiger partial charge < -0.3 is 14.7 Å². The van der Waals surface area contributed by atoms with Crippen molar-refractivity contribution in [3.63, 3.8) is 0 Å². The second kappa shape index (κ2) is 5.82. The third kappa shape index (κ3) is 2.66. The van der Waals surface area contributed by atoms with E-state index < -0.39 is 6.10 Å². The van der Waals surface area contributed by atoms with Crippen LogP contribution in [-0.4, -0.2) is 53.1 Å². The van der Waals surface area contributed by atoms with E-state index in [1.165, 1.54) is 0 Å². The lowest BCUT2D eigenvalue weighted by molar-refractivity contribution is -0.0394. The van der Waals surface area contributed by atoms with Gasteiger partial charge in [0.25, 0.3) is 5.91 Å². The van der Waals surface area contributed by atoms with Crippen molar-refractivity contribution < 1.29 is 19.4 Å². The van der Waals surface area contributed by atoms with E-state index in [9.17, 15) is 14.7 Å². The lowest BCUT2D eigenvalue weighted by Gasteiger charge is -2.19. The largest absolute Gasteiger partial charge is 0.388 e. The van der Waals surface area contributed by atoms with Crippen LogP contribution in [0.3, 0.4) is 0 Å². The molecule has 5 heteroatoms. The van der Waals surface area contributed by atoms with Crippen molar-refractivity contribution in [2.45, 2.75) is 45.0 Å². The molecular formula is C17H21NO4. The lowest BCUT2D eigenvalue weighted by atomic mass is 10.0. The Morgan fingerprint density at radius 2 is 2.09 bits per heavy atom. The molecule has 1 amide bonds. The number of β-amino-alcohol motifs (C(OH)–C–C–N with tert-alkyl or cyclic N) is 1. The zero-order chi connectivity index (χ0) is 15.9. The predicted molar refractivity (Wildman–Crippen MR) is 81.0 cm³/mol. The van der Waals surface area contributed by atoms with E-state index in [4.69, 9.17) is 4.74 Å². The van der Waals surface area contributed by atoms with Crippen molar-refractivity contribution in [3.05, 3.63) is 34.9 Å². The standard InChI is InChI=1S/C17H21NO4/c1-10(2)22-16-9-18(8-15(16)20)17(21)13-5-3-4-12-11(13)6-7-14(12)19/h3-5,10,15-16,20H,6-9H2,1-2H3/t15-,16-/m0/s1. The van der Waals surface area contributed by atoms with Gasteiger partial charge in [0.15, 0.2) is 5.78 Å². The van der Waals surface area contributed by atoms with Crippen LogP contribution in [0.2, 0.25) is 0 Å². The molecule has 0 saturated carbocycles. The Bertz CT molecular complexity index is 611. The molecular weight excluding hydrogens is 282 g/mol. The Morgan fingerprint density at radius 1 is 1.32 bits per heavy atom. The molecule has 2 atom stereocenters. The van der Waals surface area contributed by atoms with Crippen molar-refractivity contribution in [1.29, 1.82) is 0 Å². The molecule has 1 aliphatic heterocycles. The van der Waals surface area contributed by atoms with Gasteiger partial charge in [0.1, 0.15) is 6.10 Å². The Balaban J connectivity index is 1.80. The van der Waals surface area contributed by atoms with Gasteiger partial charge in [-0.25, -0.2) is 0 Å². The number of fused-ring (bicyclic) bond motifs is 1. The summed E-state index contributed by atoms with van der Waals surface area (Å²) >= 11 is 0. The molecule has 0 spiro atoms. The lowest BCUT2D eigenvalue weighted by Crippen LogP contribution is -2.31. The number of likely N-dealkylation sites (tertiary alicyclic amines) is 1. The fraction of sp³-hybridized carbons (Fsp3) is 0.529. The first-order valence-corrected chi connectivity index (χ1v) is 7.75. The number of hydrogen-bond donors (Lipinski definition) is 1. The van der Waals surface area contributed by atoms with E-state index in [0.717, 1.165) is 5.56 Å². The molecule has 0 radical (unpaired) electrons. The van der Waals surface area contributed by atoms with E-state index in [1.807, 2.05) is 13.8 Å². The SMILES string of the molecule is CC(C)O[C@H]1CN(C(=O)c2cccc3c2CCC3=O)C[C@@H]1O. The van der Waals surface area contributed by atoms with Gasteiger partial charge in [0.2, 0.25) is 0 Å². The highest BCUT2D eigenvalue weighted by molar-refractivity contribution is 6.05. The maximum absolute atomic E-state index is 12.7. The Kier molecular flexibility index (Phi) is 4.02. The van der Waals surface area contributed by atoms with E-state index in [2.05, 4.69) is 0 Å². The molecule has 3 rings (SSSR count). The van der Waals surface area contributed by atoms with E-state index in [1.54, 1.807) is 23.1 Å². The van der Waals surface area contributed by atoms with Gasteiger partial charge in [-0.2, -0.15) is 0 Å². The number of rotatable bonds is 3. The zero-order valence-electron chi connectivity index (χ0n) is 12.9. The van der Waals surface area contributed by atoms with E-state index in [-0.39, 0.29) is 30.4 Å². The third-order valence-electron chi connectivity index (χ3n) is 4.28. The number of nitrogens with zero attached hydrogens (tertiary/aromatic N) is 1. The van der Waals surface area contributed by atoms with Crippen LogP contribution in [0.15, 0.2) is 18.2 Å². The molecule has 118 valence electrons. The number of Topliss-reactive ketones (excluding diaryl/α,β-unsaturated/α-hetero) is 1. The summed E-state index contributed by atoms with van der Waals surface area (Å²) in [6.45, 7) is 4.48. The summed E-state index contributed by atoms with van der Waals surface area (Å²) in [5, 5.41) is 10.1. The van der Waals surface area contributed by atoms with Crippen molar-refractivity contribution in [3.8, 4) is 0 Å². The van der Waals surface area contributed by atoms with Gasteiger partial charge in [-0.15, -0.1) is 0 Å². The number of carbonyl (C=O) groups is 2. The van der Waals surface area contributed by atoms with Gasteiger partial charge in [0.05, 0.1) is 12.2 Å². The zero-order valence-corrected chi connectivity index (χ0v) is 12.9. The Hall–Kier alpha value is -1.72. The molecule has 5 nitrogen and oxygen atoms in total. The van der Waals surface area contributed by atoms with Crippen LogP contribution in [0, 0.1) is 0 Å². The third-order valence-corrected chi connectivity index (χ3v) is 4.28. The molecule has 0 bridgehead atoms. The van der Waals surface area contributed by atoms with Crippen molar-refractivity contribution in [1.82, 2.24) is 4.90 Å². The minimum Gasteiger partial charge on any atom is -0.388 e. The monoisotopic (exact) mass is 303 g/mol. The van der Waals surface area contributed by atoms with Crippen molar-refractivity contribution >= 4 is 11.7 Å². The average Bonchev–Trinajstić information content (AvgIpc) is 3.02. The molecule has 1 N–H and O–H groups in total. The minimum absolute atomic E-state index is 0.00768. The number of carbonyl (C=O) groups excluding carboxylic acids is 2. The number of amides is 1. The first-order valence-electron chi connectivity index (χ1n) is 7.75. The number of ketones is 1. The summed E-state index contributed by atoms with van der Waals surface area (Å²) in [7, 11) is 0. The minimum atomic E-state index is -0.662. The highest BCUT2D eigenvalue weighted by atomic mass is 16.5. The average molecular weight is 303 g/mol. The van der Waals surface area contributed by atoms with Gasteiger partial charge in [-0.1, -0.05) is 12.1 Å². The molecule has 0 aromatic heterocycles. The summed E-state index contributed by atoms with van der Waals surface area (Å²) in [6.07, 6.45) is 0.0973.